The normalized spacial score (nSPS) is 15.8. The highest BCUT2D eigenvalue weighted by atomic mass is 19.1. The van der Waals surface area contributed by atoms with Crippen LogP contribution in [0.3, 0.4) is 0 Å². The molecule has 1 saturated carbocycles. The highest BCUT2D eigenvalue weighted by Gasteiger charge is 2.29. The van der Waals surface area contributed by atoms with Gasteiger partial charge in [0, 0.05) is 6.04 Å². The molecule has 110 valence electrons. The molecule has 0 bridgehead atoms. The lowest BCUT2D eigenvalue weighted by Crippen LogP contribution is -2.43. The number of carbonyl (C=O) groups is 1. The molecular weight excluding hydrogens is 261 g/mol. The van der Waals surface area contributed by atoms with E-state index in [2.05, 4.69) is 5.32 Å². The van der Waals surface area contributed by atoms with E-state index in [0.717, 1.165) is 12.8 Å². The van der Waals surface area contributed by atoms with Gasteiger partial charge in [-0.05, 0) is 50.5 Å². The van der Waals surface area contributed by atoms with Gasteiger partial charge < -0.3 is 9.47 Å². The number of hydrogen-bond donors (Lipinski definition) is 1. The summed E-state index contributed by atoms with van der Waals surface area (Å²) in [7, 11) is 0. The Bertz CT molecular complexity index is 474. The van der Waals surface area contributed by atoms with Crippen LogP contribution < -0.4 is 10.1 Å². The van der Waals surface area contributed by atoms with Crippen LogP contribution >= 0.6 is 0 Å². The van der Waals surface area contributed by atoms with Gasteiger partial charge in [-0.25, -0.2) is 4.39 Å². The lowest BCUT2D eigenvalue weighted by molar-refractivity contribution is -0.146. The van der Waals surface area contributed by atoms with E-state index in [1.807, 2.05) is 0 Å². The second kappa shape index (κ2) is 6.70. The fraction of sp³-hybridized carbons (Fsp3) is 0.533. The summed E-state index contributed by atoms with van der Waals surface area (Å²) in [5.41, 5.74) is 0.707. The van der Waals surface area contributed by atoms with Gasteiger partial charge in [0.25, 0.3) is 0 Å². The Morgan fingerprint density at radius 3 is 2.85 bits per heavy atom. The number of rotatable bonds is 7. The van der Waals surface area contributed by atoms with Crippen LogP contribution in [-0.4, -0.2) is 31.3 Å². The fourth-order valence-corrected chi connectivity index (χ4v) is 1.91. The molecule has 0 saturated heterocycles. The van der Waals surface area contributed by atoms with E-state index in [1.165, 1.54) is 12.1 Å². The number of esters is 1. The first kappa shape index (κ1) is 14.8. The van der Waals surface area contributed by atoms with Crippen LogP contribution in [0.1, 0.15) is 25.3 Å². The zero-order valence-corrected chi connectivity index (χ0v) is 11.8. The van der Waals surface area contributed by atoms with Crippen LogP contribution in [0.2, 0.25) is 0 Å². The molecular formula is C15H20FNO3. The summed E-state index contributed by atoms with van der Waals surface area (Å²) in [6, 6.07) is 4.22. The predicted molar refractivity (Wildman–Crippen MR) is 73.2 cm³/mol. The van der Waals surface area contributed by atoms with E-state index in [4.69, 9.17) is 9.47 Å². The largest absolute Gasteiger partial charge is 0.491 e. The minimum absolute atomic E-state index is 0.182. The molecule has 1 aromatic rings. The van der Waals surface area contributed by atoms with Crippen LogP contribution in [0.5, 0.6) is 5.75 Å². The Morgan fingerprint density at radius 1 is 1.50 bits per heavy atom. The Hall–Kier alpha value is -1.62. The van der Waals surface area contributed by atoms with Gasteiger partial charge in [-0.15, -0.1) is 0 Å². The zero-order chi connectivity index (χ0) is 14.5. The number of carbonyl (C=O) groups excluding carboxylic acids is 1. The molecule has 0 aromatic heterocycles. The van der Waals surface area contributed by atoms with Crippen molar-refractivity contribution in [1.29, 1.82) is 0 Å². The zero-order valence-electron chi connectivity index (χ0n) is 11.8. The summed E-state index contributed by atoms with van der Waals surface area (Å²) < 4.78 is 23.7. The van der Waals surface area contributed by atoms with Crippen LogP contribution in [-0.2, 0) is 9.53 Å². The quantitative estimate of drug-likeness (QED) is 0.778. The van der Waals surface area contributed by atoms with E-state index in [0.29, 0.717) is 24.0 Å². The molecule has 1 unspecified atom stereocenters. The van der Waals surface area contributed by atoms with Crippen molar-refractivity contribution in [2.24, 2.45) is 0 Å². The van der Waals surface area contributed by atoms with Crippen molar-refractivity contribution >= 4 is 5.97 Å². The second-order valence-corrected chi connectivity index (χ2v) is 4.97. The molecule has 0 amide bonds. The van der Waals surface area contributed by atoms with Crippen molar-refractivity contribution in [3.63, 3.8) is 0 Å². The minimum atomic E-state index is -0.480. The summed E-state index contributed by atoms with van der Waals surface area (Å²) in [6.07, 6.45) is 2.15. The first-order chi connectivity index (χ1) is 9.60. The van der Waals surface area contributed by atoms with E-state index in [1.54, 1.807) is 19.9 Å². The fourth-order valence-electron chi connectivity index (χ4n) is 1.91. The van der Waals surface area contributed by atoms with Crippen molar-refractivity contribution in [2.75, 3.05) is 13.2 Å². The molecule has 0 radical (unpaired) electrons. The molecule has 1 aliphatic rings. The number of nitrogens with one attached hydrogen (secondary N) is 1. The third-order valence-electron chi connectivity index (χ3n) is 3.13. The van der Waals surface area contributed by atoms with E-state index >= 15 is 0 Å². The minimum Gasteiger partial charge on any atom is -0.491 e. The molecule has 0 aliphatic heterocycles. The van der Waals surface area contributed by atoms with Crippen molar-refractivity contribution in [1.82, 2.24) is 5.32 Å². The maximum Gasteiger partial charge on any atom is 0.326 e. The number of aryl methyl sites for hydroxylation is 1. The monoisotopic (exact) mass is 281 g/mol. The van der Waals surface area contributed by atoms with Crippen LogP contribution in [0.15, 0.2) is 18.2 Å². The first-order valence-electron chi connectivity index (χ1n) is 6.91. The number of ether oxygens (including phenoxy) is 2. The van der Waals surface area contributed by atoms with Gasteiger partial charge in [0.2, 0.25) is 0 Å². The SMILES string of the molecule is CCOC(=O)C(COc1ccc(F)cc1C)NC1CC1. The average Bonchev–Trinajstić information content (AvgIpc) is 3.20. The summed E-state index contributed by atoms with van der Waals surface area (Å²) >= 11 is 0. The second-order valence-electron chi connectivity index (χ2n) is 4.97. The lowest BCUT2D eigenvalue weighted by atomic mass is 10.2. The van der Waals surface area contributed by atoms with Crippen molar-refractivity contribution < 1.29 is 18.7 Å². The van der Waals surface area contributed by atoms with Gasteiger partial charge in [0.1, 0.15) is 24.2 Å². The molecule has 5 heteroatoms. The molecule has 1 atom stereocenters. The average molecular weight is 281 g/mol. The Kier molecular flexibility index (Phi) is 4.95. The number of halogens is 1. The Balaban J connectivity index is 1.94. The van der Waals surface area contributed by atoms with Crippen molar-refractivity contribution in [3.8, 4) is 5.75 Å². The predicted octanol–water partition coefficient (Wildman–Crippen LogP) is 2.20. The smallest absolute Gasteiger partial charge is 0.326 e. The van der Waals surface area contributed by atoms with Gasteiger partial charge in [0.05, 0.1) is 6.61 Å². The van der Waals surface area contributed by atoms with Crippen LogP contribution in [0.25, 0.3) is 0 Å². The third-order valence-corrected chi connectivity index (χ3v) is 3.13. The maximum atomic E-state index is 13.0. The lowest BCUT2D eigenvalue weighted by Gasteiger charge is -2.18. The Morgan fingerprint density at radius 2 is 2.25 bits per heavy atom. The summed E-state index contributed by atoms with van der Waals surface area (Å²) in [5, 5.41) is 3.20. The molecule has 20 heavy (non-hydrogen) atoms. The molecule has 0 spiro atoms. The van der Waals surface area contributed by atoms with Crippen LogP contribution in [0.4, 0.5) is 4.39 Å². The number of hydrogen-bond acceptors (Lipinski definition) is 4. The van der Waals surface area contributed by atoms with Gasteiger partial charge in [-0.2, -0.15) is 0 Å². The summed E-state index contributed by atoms with van der Waals surface area (Å²) in [6.45, 7) is 4.07. The molecule has 4 nitrogen and oxygen atoms in total. The van der Waals surface area contributed by atoms with Gasteiger partial charge in [-0.1, -0.05) is 0 Å². The van der Waals surface area contributed by atoms with Crippen molar-refractivity contribution in [2.45, 2.75) is 38.8 Å². The topological polar surface area (TPSA) is 47.6 Å². The van der Waals surface area contributed by atoms with Gasteiger partial charge in [-0.3, -0.25) is 10.1 Å². The molecule has 2 rings (SSSR count). The summed E-state index contributed by atoms with van der Waals surface area (Å²) in [4.78, 5) is 11.8. The van der Waals surface area contributed by atoms with Gasteiger partial charge in [0.15, 0.2) is 0 Å². The molecule has 1 N–H and O–H groups in total. The standard InChI is InChI=1S/C15H20FNO3/c1-3-19-15(18)13(17-12-5-6-12)9-20-14-7-4-11(16)8-10(14)2/h4,7-8,12-13,17H,3,5-6,9H2,1-2H3. The molecule has 1 aromatic carbocycles. The number of benzene rings is 1. The van der Waals surface area contributed by atoms with E-state index < -0.39 is 6.04 Å². The molecule has 0 heterocycles. The highest BCUT2D eigenvalue weighted by Crippen LogP contribution is 2.21. The first-order valence-corrected chi connectivity index (χ1v) is 6.91. The Labute approximate surface area is 118 Å². The molecule has 1 aliphatic carbocycles. The van der Waals surface area contributed by atoms with Crippen LogP contribution in [0, 0.1) is 12.7 Å². The molecule has 1 fully saturated rings. The highest BCUT2D eigenvalue weighted by molar-refractivity contribution is 5.76. The third kappa shape index (κ3) is 4.20. The van der Waals surface area contributed by atoms with E-state index in [-0.39, 0.29) is 18.4 Å². The van der Waals surface area contributed by atoms with Gasteiger partial charge >= 0.3 is 5.97 Å². The van der Waals surface area contributed by atoms with E-state index in [9.17, 15) is 9.18 Å². The maximum absolute atomic E-state index is 13.0. The summed E-state index contributed by atoms with van der Waals surface area (Å²) in [5.74, 6) is -0.0228. The van der Waals surface area contributed by atoms with Crippen molar-refractivity contribution in [3.05, 3.63) is 29.6 Å².